The quantitative estimate of drug-likeness (QED) is 0.445. The van der Waals surface area contributed by atoms with Gasteiger partial charge in [-0.15, -0.1) is 12.6 Å². The Morgan fingerprint density at radius 3 is 2.85 bits per heavy atom. The van der Waals surface area contributed by atoms with E-state index in [2.05, 4.69) is 19.2 Å². The number of thiol groups is 1. The molecule has 68 valence electrons. The monoisotopic (exact) mass is 194 g/mol. The van der Waals surface area contributed by atoms with Crippen LogP contribution in [0.2, 0.25) is 0 Å². The summed E-state index contributed by atoms with van der Waals surface area (Å²) < 4.78 is 4.96. The Morgan fingerprint density at radius 2 is 2.31 bits per heavy atom. The summed E-state index contributed by atoms with van der Waals surface area (Å²) in [6.45, 7) is 4.97. The van der Waals surface area contributed by atoms with Gasteiger partial charge in [0.15, 0.2) is 0 Å². The van der Waals surface area contributed by atoms with E-state index in [-0.39, 0.29) is 5.97 Å². The topological polar surface area (TPSA) is 26.3 Å². The van der Waals surface area contributed by atoms with E-state index >= 15 is 0 Å². The molecular formula is C10H10O2S. The third-order valence-electron chi connectivity index (χ3n) is 1.47. The summed E-state index contributed by atoms with van der Waals surface area (Å²) in [4.78, 5) is 11.5. The van der Waals surface area contributed by atoms with Crippen LogP contribution >= 0.6 is 12.6 Å². The van der Waals surface area contributed by atoms with E-state index in [1.54, 1.807) is 18.2 Å². The Labute approximate surface area is 82.6 Å². The van der Waals surface area contributed by atoms with E-state index < -0.39 is 0 Å². The van der Waals surface area contributed by atoms with Crippen molar-refractivity contribution in [2.45, 2.75) is 11.8 Å². The van der Waals surface area contributed by atoms with Crippen LogP contribution in [0.15, 0.2) is 29.7 Å². The molecule has 0 unspecified atom stereocenters. The second-order valence-electron chi connectivity index (χ2n) is 2.52. The molecule has 0 aliphatic rings. The van der Waals surface area contributed by atoms with Crippen molar-refractivity contribution in [1.29, 1.82) is 0 Å². The zero-order chi connectivity index (χ0) is 9.84. The lowest BCUT2D eigenvalue weighted by Crippen LogP contribution is -2.02. The van der Waals surface area contributed by atoms with Crippen LogP contribution in [-0.2, 0) is 4.79 Å². The van der Waals surface area contributed by atoms with Crippen LogP contribution in [0.1, 0.15) is 12.5 Å². The van der Waals surface area contributed by atoms with Crippen molar-refractivity contribution in [2.75, 3.05) is 0 Å². The number of rotatable bonds is 2. The van der Waals surface area contributed by atoms with Crippen LogP contribution in [0.3, 0.4) is 0 Å². The SMILES string of the molecule is C=Cc1ccc(S)cc1OC(C)=O. The number of hydrogen-bond donors (Lipinski definition) is 1. The third-order valence-corrected chi connectivity index (χ3v) is 1.75. The molecule has 1 aromatic rings. The van der Waals surface area contributed by atoms with Crippen molar-refractivity contribution >= 4 is 24.7 Å². The van der Waals surface area contributed by atoms with Gasteiger partial charge in [0.25, 0.3) is 0 Å². The van der Waals surface area contributed by atoms with Crippen LogP contribution in [0, 0.1) is 0 Å². The van der Waals surface area contributed by atoms with Gasteiger partial charge in [-0.3, -0.25) is 4.79 Å². The molecule has 0 atom stereocenters. The van der Waals surface area contributed by atoms with Gasteiger partial charge >= 0.3 is 5.97 Å². The molecule has 0 aromatic heterocycles. The number of esters is 1. The summed E-state index contributed by atoms with van der Waals surface area (Å²) in [5.41, 5.74) is 0.785. The first-order valence-electron chi connectivity index (χ1n) is 3.77. The van der Waals surface area contributed by atoms with Crippen LogP contribution < -0.4 is 4.74 Å². The minimum absolute atomic E-state index is 0.345. The smallest absolute Gasteiger partial charge is 0.308 e. The average Bonchev–Trinajstić information content (AvgIpc) is 2.03. The second kappa shape index (κ2) is 4.14. The standard InChI is InChI=1S/C10H10O2S/c1-3-8-4-5-9(13)6-10(8)12-7(2)11/h3-6,13H,1H2,2H3. The largest absolute Gasteiger partial charge is 0.426 e. The van der Waals surface area contributed by atoms with Crippen molar-refractivity contribution in [3.8, 4) is 5.75 Å². The molecule has 0 aliphatic carbocycles. The highest BCUT2D eigenvalue weighted by atomic mass is 32.1. The lowest BCUT2D eigenvalue weighted by molar-refractivity contribution is -0.131. The molecule has 0 spiro atoms. The summed E-state index contributed by atoms with van der Waals surface area (Å²) >= 11 is 4.14. The Kier molecular flexibility index (Phi) is 3.14. The highest BCUT2D eigenvalue weighted by Crippen LogP contribution is 2.23. The van der Waals surface area contributed by atoms with Gasteiger partial charge in [0, 0.05) is 17.4 Å². The predicted molar refractivity (Wildman–Crippen MR) is 55.1 cm³/mol. The number of carbonyl (C=O) groups excluding carboxylic acids is 1. The summed E-state index contributed by atoms with van der Waals surface area (Å²) in [6, 6.07) is 5.29. The number of ether oxygens (including phenoxy) is 1. The molecule has 13 heavy (non-hydrogen) atoms. The summed E-state index contributed by atoms with van der Waals surface area (Å²) in [6.07, 6.45) is 1.63. The molecule has 0 amide bonds. The van der Waals surface area contributed by atoms with Gasteiger partial charge in [0.05, 0.1) is 0 Å². The molecule has 1 aromatic carbocycles. The van der Waals surface area contributed by atoms with Gasteiger partial charge in [-0.25, -0.2) is 0 Å². The predicted octanol–water partition coefficient (Wildman–Crippen LogP) is 2.54. The molecule has 0 saturated heterocycles. The van der Waals surface area contributed by atoms with E-state index in [1.807, 2.05) is 6.07 Å². The van der Waals surface area contributed by atoms with E-state index in [0.717, 1.165) is 10.5 Å². The lowest BCUT2D eigenvalue weighted by atomic mass is 10.2. The Bertz CT molecular complexity index is 345. The Morgan fingerprint density at radius 1 is 1.62 bits per heavy atom. The second-order valence-corrected chi connectivity index (χ2v) is 3.04. The molecule has 0 saturated carbocycles. The normalized spacial score (nSPS) is 9.38. The molecule has 0 N–H and O–H groups in total. The molecular weight excluding hydrogens is 184 g/mol. The van der Waals surface area contributed by atoms with E-state index in [1.165, 1.54) is 6.92 Å². The molecule has 3 heteroatoms. The van der Waals surface area contributed by atoms with Gasteiger partial charge in [-0.05, 0) is 12.1 Å². The highest BCUT2D eigenvalue weighted by molar-refractivity contribution is 7.80. The first kappa shape index (κ1) is 9.86. The molecule has 0 aliphatic heterocycles. The first-order valence-corrected chi connectivity index (χ1v) is 4.22. The zero-order valence-electron chi connectivity index (χ0n) is 7.28. The fourth-order valence-electron chi connectivity index (χ4n) is 0.935. The van der Waals surface area contributed by atoms with Crippen LogP contribution in [0.25, 0.3) is 6.08 Å². The molecule has 0 fully saturated rings. The third kappa shape index (κ3) is 2.63. The summed E-state index contributed by atoms with van der Waals surface area (Å²) in [5, 5.41) is 0. The number of carbonyl (C=O) groups is 1. The summed E-state index contributed by atoms with van der Waals surface area (Å²) in [5.74, 6) is 0.150. The van der Waals surface area contributed by atoms with Crippen molar-refractivity contribution in [3.63, 3.8) is 0 Å². The number of benzene rings is 1. The van der Waals surface area contributed by atoms with Gasteiger partial charge in [-0.2, -0.15) is 0 Å². The average molecular weight is 194 g/mol. The van der Waals surface area contributed by atoms with Crippen molar-refractivity contribution in [3.05, 3.63) is 30.3 Å². The fourth-order valence-corrected chi connectivity index (χ4v) is 1.13. The van der Waals surface area contributed by atoms with Gasteiger partial charge < -0.3 is 4.74 Å². The van der Waals surface area contributed by atoms with Crippen LogP contribution in [0.5, 0.6) is 5.75 Å². The maximum absolute atomic E-state index is 10.7. The molecule has 1 rings (SSSR count). The highest BCUT2D eigenvalue weighted by Gasteiger charge is 2.03. The first-order chi connectivity index (χ1) is 6.13. The Hall–Kier alpha value is -1.22. The van der Waals surface area contributed by atoms with Gasteiger partial charge in [0.2, 0.25) is 0 Å². The van der Waals surface area contributed by atoms with E-state index in [4.69, 9.17) is 4.74 Å². The fraction of sp³-hybridized carbons (Fsp3) is 0.100. The number of hydrogen-bond acceptors (Lipinski definition) is 3. The summed E-state index contributed by atoms with van der Waals surface area (Å²) in [7, 11) is 0. The molecule has 0 bridgehead atoms. The molecule has 0 heterocycles. The lowest BCUT2D eigenvalue weighted by Gasteiger charge is -2.05. The minimum Gasteiger partial charge on any atom is -0.426 e. The maximum Gasteiger partial charge on any atom is 0.308 e. The van der Waals surface area contributed by atoms with E-state index in [9.17, 15) is 4.79 Å². The van der Waals surface area contributed by atoms with E-state index in [0.29, 0.717) is 5.75 Å². The molecule has 2 nitrogen and oxygen atoms in total. The van der Waals surface area contributed by atoms with Gasteiger partial charge in [0.1, 0.15) is 5.75 Å². The van der Waals surface area contributed by atoms with Crippen LogP contribution in [-0.4, -0.2) is 5.97 Å². The van der Waals surface area contributed by atoms with Crippen molar-refractivity contribution in [2.24, 2.45) is 0 Å². The zero-order valence-corrected chi connectivity index (χ0v) is 8.17. The molecule has 0 radical (unpaired) electrons. The maximum atomic E-state index is 10.7. The van der Waals surface area contributed by atoms with Crippen molar-refractivity contribution < 1.29 is 9.53 Å². The van der Waals surface area contributed by atoms with Crippen LogP contribution in [0.4, 0.5) is 0 Å². The minimum atomic E-state index is -0.345. The van der Waals surface area contributed by atoms with Crippen molar-refractivity contribution in [1.82, 2.24) is 0 Å². The van der Waals surface area contributed by atoms with Gasteiger partial charge in [-0.1, -0.05) is 18.7 Å². The Balaban J connectivity index is 3.07.